The highest BCUT2D eigenvalue weighted by Gasteiger charge is 2.51. The van der Waals surface area contributed by atoms with Crippen molar-refractivity contribution in [2.24, 2.45) is 11.1 Å². The number of rotatable bonds is 1. The zero-order valence-corrected chi connectivity index (χ0v) is 10.6. The molecular weight excluding hydrogens is 202 g/mol. The van der Waals surface area contributed by atoms with Crippen LogP contribution >= 0.6 is 0 Å². The fourth-order valence-electron chi connectivity index (χ4n) is 3.45. The van der Waals surface area contributed by atoms with Crippen molar-refractivity contribution in [1.29, 1.82) is 0 Å². The van der Waals surface area contributed by atoms with Crippen LogP contribution in [-0.2, 0) is 4.74 Å². The van der Waals surface area contributed by atoms with E-state index in [2.05, 4.69) is 13.8 Å². The molecule has 2 rings (SSSR count). The van der Waals surface area contributed by atoms with Gasteiger partial charge in [0.2, 0.25) is 0 Å². The van der Waals surface area contributed by atoms with Crippen LogP contribution in [0.1, 0.15) is 52.4 Å². The lowest BCUT2D eigenvalue weighted by molar-refractivity contribution is -0.125. The Labute approximate surface area is 98.4 Å². The Morgan fingerprint density at radius 1 is 1.06 bits per heavy atom. The smallest absolute Gasteiger partial charge is 0.0833 e. The first-order valence-corrected chi connectivity index (χ1v) is 6.46. The maximum atomic E-state index is 10.9. The van der Waals surface area contributed by atoms with Gasteiger partial charge in [-0.3, -0.25) is 0 Å². The Hall–Kier alpha value is -0.120. The number of hydrogen-bond acceptors (Lipinski definition) is 3. The molecule has 3 N–H and O–H groups in total. The maximum Gasteiger partial charge on any atom is 0.0833 e. The highest BCUT2D eigenvalue weighted by atomic mass is 16.5. The van der Waals surface area contributed by atoms with E-state index in [1.54, 1.807) is 0 Å². The molecule has 1 atom stereocenters. The summed E-state index contributed by atoms with van der Waals surface area (Å²) in [4.78, 5) is 0. The number of ether oxygens (including phenoxy) is 1. The van der Waals surface area contributed by atoms with Gasteiger partial charge >= 0.3 is 0 Å². The minimum atomic E-state index is -0.682. The number of hydrogen-bond donors (Lipinski definition) is 2. The Morgan fingerprint density at radius 2 is 1.69 bits per heavy atom. The van der Waals surface area contributed by atoms with Gasteiger partial charge in [0.1, 0.15) is 0 Å². The molecular formula is C13H25NO2. The zero-order valence-electron chi connectivity index (χ0n) is 10.6. The fraction of sp³-hybridized carbons (Fsp3) is 1.00. The van der Waals surface area contributed by atoms with Crippen molar-refractivity contribution in [3.05, 3.63) is 0 Å². The van der Waals surface area contributed by atoms with Crippen LogP contribution in [0.3, 0.4) is 0 Å². The molecule has 0 bridgehead atoms. The van der Waals surface area contributed by atoms with Crippen LogP contribution in [-0.4, -0.2) is 29.5 Å². The van der Waals surface area contributed by atoms with E-state index in [9.17, 15) is 5.11 Å². The molecule has 0 radical (unpaired) electrons. The first kappa shape index (κ1) is 12.3. The minimum absolute atomic E-state index is 0.220. The molecule has 3 nitrogen and oxygen atoms in total. The van der Waals surface area contributed by atoms with E-state index in [1.165, 1.54) is 6.42 Å². The van der Waals surface area contributed by atoms with Crippen molar-refractivity contribution < 1.29 is 9.84 Å². The first-order chi connectivity index (χ1) is 7.37. The van der Waals surface area contributed by atoms with Gasteiger partial charge in [-0.2, -0.15) is 0 Å². The normalized spacial score (nSPS) is 38.2. The molecule has 1 aliphatic carbocycles. The highest BCUT2D eigenvalue weighted by Crippen LogP contribution is 2.47. The maximum absolute atomic E-state index is 10.9. The molecule has 0 amide bonds. The Kier molecular flexibility index (Phi) is 3.06. The second kappa shape index (κ2) is 3.97. The van der Waals surface area contributed by atoms with Gasteiger partial charge in [0, 0.05) is 18.8 Å². The van der Waals surface area contributed by atoms with Crippen LogP contribution in [0.5, 0.6) is 0 Å². The molecule has 16 heavy (non-hydrogen) atoms. The molecule has 3 heteroatoms. The van der Waals surface area contributed by atoms with Crippen LogP contribution in [0.2, 0.25) is 0 Å². The molecule has 1 saturated heterocycles. The quantitative estimate of drug-likeness (QED) is 0.718. The van der Waals surface area contributed by atoms with Crippen LogP contribution in [0.15, 0.2) is 0 Å². The fourth-order valence-corrected chi connectivity index (χ4v) is 3.45. The van der Waals surface area contributed by atoms with E-state index in [0.29, 0.717) is 13.2 Å². The van der Waals surface area contributed by atoms with Crippen LogP contribution in [0, 0.1) is 5.41 Å². The molecule has 0 aromatic carbocycles. The topological polar surface area (TPSA) is 55.5 Å². The highest BCUT2D eigenvalue weighted by molar-refractivity contribution is 5.08. The predicted octanol–water partition coefficient (Wildman–Crippen LogP) is 1.83. The molecule has 1 unspecified atom stereocenters. The average molecular weight is 227 g/mol. The van der Waals surface area contributed by atoms with Crippen molar-refractivity contribution in [3.8, 4) is 0 Å². The monoisotopic (exact) mass is 227 g/mol. The second-order valence-electron chi connectivity index (χ2n) is 6.49. The van der Waals surface area contributed by atoms with E-state index in [1.807, 2.05) is 0 Å². The summed E-state index contributed by atoms with van der Waals surface area (Å²) in [6, 6.07) is 0. The Morgan fingerprint density at radius 3 is 2.25 bits per heavy atom. The van der Waals surface area contributed by atoms with Gasteiger partial charge in [-0.05, 0) is 43.9 Å². The summed E-state index contributed by atoms with van der Waals surface area (Å²) in [5.74, 6) is 0. The minimum Gasteiger partial charge on any atom is -0.388 e. The van der Waals surface area contributed by atoms with Crippen molar-refractivity contribution in [2.45, 2.75) is 63.5 Å². The van der Waals surface area contributed by atoms with Gasteiger partial charge in [-0.15, -0.1) is 0 Å². The van der Waals surface area contributed by atoms with Gasteiger partial charge in [-0.25, -0.2) is 0 Å². The predicted molar refractivity (Wildman–Crippen MR) is 64.2 cm³/mol. The molecule has 0 aromatic heterocycles. The van der Waals surface area contributed by atoms with Crippen molar-refractivity contribution in [1.82, 2.24) is 0 Å². The van der Waals surface area contributed by atoms with Crippen LogP contribution < -0.4 is 5.73 Å². The number of nitrogens with two attached hydrogens (primary N) is 1. The Bertz CT molecular complexity index is 259. The summed E-state index contributed by atoms with van der Waals surface area (Å²) in [5.41, 5.74) is 5.57. The molecule has 1 saturated carbocycles. The van der Waals surface area contributed by atoms with Gasteiger partial charge in [0.05, 0.1) is 5.60 Å². The lowest BCUT2D eigenvalue weighted by Crippen LogP contribution is -2.65. The van der Waals surface area contributed by atoms with E-state index in [4.69, 9.17) is 10.5 Å². The van der Waals surface area contributed by atoms with Gasteiger partial charge in [0.25, 0.3) is 0 Å². The molecule has 1 heterocycles. The molecule has 1 aliphatic heterocycles. The zero-order chi connectivity index (χ0) is 11.9. The average Bonchev–Trinajstić information content (AvgIpc) is 2.16. The van der Waals surface area contributed by atoms with Gasteiger partial charge in [0.15, 0.2) is 0 Å². The largest absolute Gasteiger partial charge is 0.388 e. The number of aliphatic hydroxyl groups is 1. The third-order valence-electron chi connectivity index (χ3n) is 4.53. The van der Waals surface area contributed by atoms with E-state index in [-0.39, 0.29) is 5.41 Å². The van der Waals surface area contributed by atoms with E-state index >= 15 is 0 Å². The van der Waals surface area contributed by atoms with Crippen molar-refractivity contribution in [3.63, 3.8) is 0 Å². The van der Waals surface area contributed by atoms with Crippen LogP contribution in [0.4, 0.5) is 0 Å². The first-order valence-electron chi connectivity index (χ1n) is 6.46. The third kappa shape index (κ3) is 2.13. The summed E-state index contributed by atoms with van der Waals surface area (Å²) in [6.45, 7) is 5.86. The molecule has 2 aliphatic rings. The molecule has 0 aromatic rings. The van der Waals surface area contributed by atoms with Crippen molar-refractivity contribution >= 4 is 0 Å². The lowest BCUT2D eigenvalue weighted by atomic mass is 9.61. The van der Waals surface area contributed by atoms with E-state index < -0.39 is 11.1 Å². The second-order valence-corrected chi connectivity index (χ2v) is 6.49. The summed E-state index contributed by atoms with van der Waals surface area (Å²) >= 11 is 0. The Balaban J connectivity index is 2.16. The van der Waals surface area contributed by atoms with Crippen LogP contribution in [0.25, 0.3) is 0 Å². The molecule has 2 fully saturated rings. The summed E-state index contributed by atoms with van der Waals surface area (Å²) in [5, 5.41) is 10.9. The summed E-state index contributed by atoms with van der Waals surface area (Å²) < 4.78 is 5.36. The standard InChI is InChI=1S/C13H25NO2/c1-11(2)4-3-5-13(15,10-11)12(14)6-8-16-9-7-12/h15H,3-10,14H2,1-2H3. The summed E-state index contributed by atoms with van der Waals surface area (Å²) in [7, 11) is 0. The molecule has 94 valence electrons. The van der Waals surface area contributed by atoms with Gasteiger partial charge in [-0.1, -0.05) is 13.8 Å². The van der Waals surface area contributed by atoms with Gasteiger partial charge < -0.3 is 15.6 Å². The SMILES string of the molecule is CC1(C)CCCC(O)(C2(N)CCOCC2)C1. The van der Waals surface area contributed by atoms with Crippen molar-refractivity contribution in [2.75, 3.05) is 13.2 Å². The summed E-state index contributed by atoms with van der Waals surface area (Å²) in [6.07, 6.45) is 5.55. The molecule has 0 spiro atoms. The lowest BCUT2D eigenvalue weighted by Gasteiger charge is -2.52. The third-order valence-corrected chi connectivity index (χ3v) is 4.53. The van der Waals surface area contributed by atoms with E-state index in [0.717, 1.165) is 32.1 Å².